The van der Waals surface area contributed by atoms with E-state index in [0.29, 0.717) is 5.56 Å². The number of fused-ring (bicyclic) bond motifs is 1. The van der Waals surface area contributed by atoms with Gasteiger partial charge in [-0.15, -0.1) is 0 Å². The summed E-state index contributed by atoms with van der Waals surface area (Å²) < 4.78 is 54.3. The Labute approximate surface area is 146 Å². The molecular weight excluding hydrogens is 362 g/mol. The smallest absolute Gasteiger partial charge is 0.274 e. The van der Waals surface area contributed by atoms with E-state index in [2.05, 4.69) is 5.10 Å². The van der Waals surface area contributed by atoms with Crippen LogP contribution in [0.4, 0.5) is 17.6 Å². The van der Waals surface area contributed by atoms with Gasteiger partial charge in [-0.2, -0.15) is 5.10 Å². The zero-order valence-corrected chi connectivity index (χ0v) is 13.9. The monoisotopic (exact) mass is 375 g/mol. The van der Waals surface area contributed by atoms with E-state index in [1.807, 2.05) is 0 Å². The van der Waals surface area contributed by atoms with Gasteiger partial charge >= 0.3 is 0 Å². The average Bonchev–Trinajstić information content (AvgIpc) is 2.87. The van der Waals surface area contributed by atoms with Gasteiger partial charge in [-0.1, -0.05) is 17.7 Å². The van der Waals surface area contributed by atoms with Gasteiger partial charge in [0.05, 0.1) is 12.6 Å². The first-order chi connectivity index (χ1) is 11.8. The molecule has 1 unspecified atom stereocenters. The lowest BCUT2D eigenvalue weighted by atomic mass is 10.1. The van der Waals surface area contributed by atoms with E-state index >= 15 is 0 Å². The van der Waals surface area contributed by atoms with Crippen LogP contribution in [-0.2, 0) is 6.42 Å². The van der Waals surface area contributed by atoms with Gasteiger partial charge in [0.15, 0.2) is 5.69 Å². The van der Waals surface area contributed by atoms with Crippen molar-refractivity contribution in [2.75, 3.05) is 13.1 Å². The van der Waals surface area contributed by atoms with Gasteiger partial charge in [0.2, 0.25) is 0 Å². The molecule has 0 bridgehead atoms. The van der Waals surface area contributed by atoms with E-state index in [-0.39, 0.29) is 29.4 Å². The number of benzene rings is 1. The third-order valence-corrected chi connectivity index (χ3v) is 4.61. The summed E-state index contributed by atoms with van der Waals surface area (Å²) in [7, 11) is 0. The molecule has 0 N–H and O–H groups in total. The Kier molecular flexibility index (Phi) is 4.73. The van der Waals surface area contributed by atoms with E-state index in [0.717, 1.165) is 21.7 Å². The third kappa shape index (κ3) is 3.10. The first kappa shape index (κ1) is 17.7. The number of rotatable bonds is 4. The van der Waals surface area contributed by atoms with Crippen molar-refractivity contribution in [2.24, 2.45) is 0 Å². The molecule has 0 saturated carbocycles. The second-order valence-electron chi connectivity index (χ2n) is 5.77. The molecule has 4 nitrogen and oxygen atoms in total. The minimum Gasteiger partial charge on any atom is -0.331 e. The molecule has 0 aliphatic carbocycles. The Morgan fingerprint density at radius 3 is 2.52 bits per heavy atom. The molecular formula is C16H14ClF4N3O. The minimum atomic E-state index is -2.66. The number of aromatic nitrogens is 2. The van der Waals surface area contributed by atoms with Crippen LogP contribution >= 0.6 is 11.6 Å². The molecule has 25 heavy (non-hydrogen) atoms. The van der Waals surface area contributed by atoms with Gasteiger partial charge in [0.25, 0.3) is 12.3 Å². The van der Waals surface area contributed by atoms with Crippen molar-refractivity contribution < 1.29 is 22.4 Å². The molecule has 1 aromatic heterocycles. The normalized spacial score (nSPS) is 15.6. The van der Waals surface area contributed by atoms with Crippen molar-refractivity contribution in [2.45, 2.75) is 25.8 Å². The fraction of sp³-hybridized carbons (Fsp3) is 0.375. The molecule has 1 aromatic carbocycles. The fourth-order valence-corrected chi connectivity index (χ4v) is 3.34. The van der Waals surface area contributed by atoms with Crippen LogP contribution in [0, 0.1) is 11.6 Å². The Hall–Kier alpha value is -2.09. The molecule has 2 aromatic rings. The Balaban J connectivity index is 2.00. The maximum atomic E-state index is 14.0. The van der Waals surface area contributed by atoms with Gasteiger partial charge in [-0.3, -0.25) is 4.79 Å². The third-order valence-electron chi connectivity index (χ3n) is 4.21. The zero-order valence-electron chi connectivity index (χ0n) is 13.1. The van der Waals surface area contributed by atoms with Crippen LogP contribution in [0.3, 0.4) is 0 Å². The lowest BCUT2D eigenvalue weighted by Gasteiger charge is -2.25. The number of hydrogen-bond donors (Lipinski definition) is 0. The predicted molar refractivity (Wildman–Crippen MR) is 83.0 cm³/mol. The summed E-state index contributed by atoms with van der Waals surface area (Å²) in [6.45, 7) is 0.886. The summed E-state index contributed by atoms with van der Waals surface area (Å²) >= 11 is 6.25. The highest BCUT2D eigenvalue weighted by Crippen LogP contribution is 2.32. The molecule has 0 spiro atoms. The number of carbonyl (C=O) groups excluding carboxylic acids is 1. The lowest BCUT2D eigenvalue weighted by molar-refractivity contribution is 0.0532. The molecule has 1 aliphatic rings. The van der Waals surface area contributed by atoms with Crippen LogP contribution in [0.2, 0.25) is 5.15 Å². The molecule has 1 aliphatic heterocycles. The number of amides is 1. The van der Waals surface area contributed by atoms with Gasteiger partial charge in [0.1, 0.15) is 16.8 Å². The number of nitrogens with zero attached hydrogens (tertiary/aromatic N) is 3. The highest BCUT2D eigenvalue weighted by atomic mass is 35.5. The highest BCUT2D eigenvalue weighted by molar-refractivity contribution is 6.31. The SMILES string of the molecule is CC(c1c(F)cccc1F)n1nc2c(c1Cl)CCN(CC(F)F)C2=O. The molecule has 1 atom stereocenters. The largest absolute Gasteiger partial charge is 0.331 e. The van der Waals surface area contributed by atoms with E-state index in [4.69, 9.17) is 11.6 Å². The maximum Gasteiger partial charge on any atom is 0.274 e. The van der Waals surface area contributed by atoms with E-state index < -0.39 is 36.6 Å². The topological polar surface area (TPSA) is 38.1 Å². The molecule has 1 amide bonds. The summed E-state index contributed by atoms with van der Waals surface area (Å²) in [5.41, 5.74) is 0.113. The second-order valence-corrected chi connectivity index (χ2v) is 6.12. The van der Waals surface area contributed by atoms with Crippen LogP contribution in [-0.4, -0.2) is 40.1 Å². The van der Waals surface area contributed by atoms with Crippen molar-refractivity contribution in [3.8, 4) is 0 Å². The maximum absolute atomic E-state index is 14.0. The molecule has 0 saturated heterocycles. The van der Waals surface area contributed by atoms with Gasteiger partial charge in [0, 0.05) is 17.7 Å². The van der Waals surface area contributed by atoms with E-state index in [9.17, 15) is 22.4 Å². The molecule has 0 radical (unpaired) electrons. The quantitative estimate of drug-likeness (QED) is 0.764. The number of carbonyl (C=O) groups is 1. The van der Waals surface area contributed by atoms with Crippen molar-refractivity contribution in [1.82, 2.24) is 14.7 Å². The summed E-state index contributed by atoms with van der Waals surface area (Å²) in [6, 6.07) is 2.56. The predicted octanol–water partition coefficient (Wildman–Crippen LogP) is 3.69. The molecule has 3 rings (SSSR count). The Bertz CT molecular complexity index is 804. The number of hydrogen-bond acceptors (Lipinski definition) is 2. The molecule has 0 fully saturated rings. The van der Waals surface area contributed by atoms with Crippen molar-refractivity contribution in [1.29, 1.82) is 0 Å². The standard InChI is InChI=1S/C16H14ClF4N3O/c1-8(13-10(18)3-2-4-11(13)19)24-15(17)9-5-6-23(7-12(20)21)16(25)14(9)22-24/h2-4,8,12H,5-7H2,1H3. The highest BCUT2D eigenvalue weighted by Gasteiger charge is 2.33. The average molecular weight is 376 g/mol. The number of halogens is 5. The minimum absolute atomic E-state index is 0.0551. The van der Waals surface area contributed by atoms with Gasteiger partial charge in [-0.25, -0.2) is 22.2 Å². The summed E-state index contributed by atoms with van der Waals surface area (Å²) in [5.74, 6) is -2.19. The zero-order chi connectivity index (χ0) is 18.3. The summed E-state index contributed by atoms with van der Waals surface area (Å²) in [5, 5.41) is 4.14. The van der Waals surface area contributed by atoms with E-state index in [1.54, 1.807) is 0 Å². The van der Waals surface area contributed by atoms with Crippen molar-refractivity contribution >= 4 is 17.5 Å². The first-order valence-corrected chi connectivity index (χ1v) is 7.97. The Morgan fingerprint density at radius 1 is 1.28 bits per heavy atom. The lowest BCUT2D eigenvalue weighted by Crippen LogP contribution is -2.40. The summed E-state index contributed by atoms with van der Waals surface area (Å²) in [4.78, 5) is 13.3. The fourth-order valence-electron chi connectivity index (χ4n) is 2.97. The van der Waals surface area contributed by atoms with Crippen molar-refractivity contribution in [3.05, 3.63) is 51.8 Å². The van der Waals surface area contributed by atoms with Crippen LogP contribution in [0.25, 0.3) is 0 Å². The van der Waals surface area contributed by atoms with Crippen LogP contribution in [0.5, 0.6) is 0 Å². The van der Waals surface area contributed by atoms with Crippen LogP contribution in [0.15, 0.2) is 18.2 Å². The number of alkyl halides is 2. The molecule has 2 heterocycles. The van der Waals surface area contributed by atoms with Gasteiger partial charge in [-0.05, 0) is 25.5 Å². The van der Waals surface area contributed by atoms with E-state index in [1.165, 1.54) is 13.0 Å². The summed E-state index contributed by atoms with van der Waals surface area (Å²) in [6.07, 6.45) is -2.41. The first-order valence-electron chi connectivity index (χ1n) is 7.59. The molecule has 9 heteroatoms. The van der Waals surface area contributed by atoms with Crippen LogP contribution < -0.4 is 0 Å². The van der Waals surface area contributed by atoms with Gasteiger partial charge < -0.3 is 4.90 Å². The molecule has 134 valence electrons. The van der Waals surface area contributed by atoms with Crippen molar-refractivity contribution in [3.63, 3.8) is 0 Å². The second kappa shape index (κ2) is 6.67. The Morgan fingerprint density at radius 2 is 1.92 bits per heavy atom. The van der Waals surface area contributed by atoms with Crippen LogP contribution in [0.1, 0.15) is 34.6 Å².